The Hall–Kier alpha value is -1.42. The molecule has 1 N–H and O–H groups in total. The molecular weight excluding hydrogens is 243 g/mol. The Morgan fingerprint density at radius 2 is 2.11 bits per heavy atom. The third-order valence-electron chi connectivity index (χ3n) is 3.75. The number of rotatable bonds is 3. The van der Waals surface area contributed by atoms with Crippen LogP contribution in [0.4, 0.5) is 4.39 Å². The number of amides is 1. The van der Waals surface area contributed by atoms with Gasteiger partial charge in [0.1, 0.15) is 5.82 Å². The maximum absolute atomic E-state index is 13.8. The summed E-state index contributed by atoms with van der Waals surface area (Å²) in [6, 6.07) is 4.79. The number of nitrogens with one attached hydrogen (secondary N) is 1. The maximum atomic E-state index is 13.8. The van der Waals surface area contributed by atoms with Crippen molar-refractivity contribution in [2.24, 2.45) is 5.92 Å². The lowest BCUT2D eigenvalue weighted by atomic mass is 9.96. The molecule has 1 aliphatic rings. The highest BCUT2D eigenvalue weighted by Crippen LogP contribution is 2.20. The van der Waals surface area contributed by atoms with Crippen LogP contribution in [0.25, 0.3) is 0 Å². The average Bonchev–Trinajstić information content (AvgIpc) is 2.39. The zero-order chi connectivity index (χ0) is 13.8. The smallest absolute Gasteiger partial charge is 0.256 e. The second-order valence-electron chi connectivity index (χ2n) is 5.28. The van der Waals surface area contributed by atoms with E-state index >= 15 is 0 Å². The number of carbonyl (C=O) groups excluding carboxylic acids is 1. The lowest BCUT2D eigenvalue weighted by Crippen LogP contribution is -2.40. The van der Waals surface area contributed by atoms with E-state index in [2.05, 4.69) is 5.32 Å². The molecule has 0 aromatic heterocycles. The molecule has 104 valence electrons. The Bertz CT molecular complexity index is 453. The Morgan fingerprint density at radius 3 is 2.68 bits per heavy atom. The molecule has 4 heteroatoms. The van der Waals surface area contributed by atoms with E-state index in [-0.39, 0.29) is 11.5 Å². The Balaban J connectivity index is 2.01. The highest BCUT2D eigenvalue weighted by Gasteiger charge is 2.24. The largest absolute Gasteiger partial charge is 0.339 e. The summed E-state index contributed by atoms with van der Waals surface area (Å²) in [6.45, 7) is 4.25. The van der Waals surface area contributed by atoms with Gasteiger partial charge in [0.25, 0.3) is 5.91 Å². The van der Waals surface area contributed by atoms with Crippen molar-refractivity contribution < 1.29 is 9.18 Å². The number of nitrogens with zero attached hydrogens (tertiary/aromatic N) is 1. The number of hydrogen-bond acceptors (Lipinski definition) is 2. The molecule has 0 spiro atoms. The van der Waals surface area contributed by atoms with E-state index < -0.39 is 5.82 Å². The molecule has 0 aliphatic carbocycles. The lowest BCUT2D eigenvalue weighted by molar-refractivity contribution is 0.0686. The molecule has 1 heterocycles. The summed E-state index contributed by atoms with van der Waals surface area (Å²) in [6.07, 6.45) is 1.97. The topological polar surface area (TPSA) is 32.3 Å². The van der Waals surface area contributed by atoms with Gasteiger partial charge in [0.2, 0.25) is 0 Å². The van der Waals surface area contributed by atoms with E-state index in [9.17, 15) is 9.18 Å². The lowest BCUT2D eigenvalue weighted by Gasteiger charge is -2.32. The minimum absolute atomic E-state index is 0.180. The first-order valence-electron chi connectivity index (χ1n) is 6.82. The SMILES string of the molecule is CNCC1CCN(C(=O)c2ccc(C)cc2F)CC1. The van der Waals surface area contributed by atoms with Gasteiger partial charge in [-0.05, 0) is 57.0 Å². The van der Waals surface area contributed by atoms with Gasteiger partial charge >= 0.3 is 0 Å². The molecule has 1 amide bonds. The predicted molar refractivity (Wildman–Crippen MR) is 73.7 cm³/mol. The van der Waals surface area contributed by atoms with E-state index in [0.29, 0.717) is 5.92 Å². The summed E-state index contributed by atoms with van der Waals surface area (Å²) in [5.41, 5.74) is 1.03. The number of likely N-dealkylation sites (tertiary alicyclic amines) is 1. The number of aryl methyl sites for hydroxylation is 1. The molecule has 0 atom stereocenters. The maximum Gasteiger partial charge on any atom is 0.256 e. The molecule has 1 aromatic carbocycles. The van der Waals surface area contributed by atoms with Crippen LogP contribution < -0.4 is 5.32 Å². The monoisotopic (exact) mass is 264 g/mol. The first kappa shape index (κ1) is 14.0. The zero-order valence-electron chi connectivity index (χ0n) is 11.6. The fourth-order valence-electron chi connectivity index (χ4n) is 2.59. The number of benzene rings is 1. The van der Waals surface area contributed by atoms with Gasteiger partial charge in [0.15, 0.2) is 0 Å². The van der Waals surface area contributed by atoms with Crippen molar-refractivity contribution in [3.8, 4) is 0 Å². The second kappa shape index (κ2) is 6.15. The van der Waals surface area contributed by atoms with Crippen LogP contribution in [0.2, 0.25) is 0 Å². The van der Waals surface area contributed by atoms with Crippen LogP contribution in [0.3, 0.4) is 0 Å². The summed E-state index contributed by atoms with van der Waals surface area (Å²) < 4.78 is 13.8. The third kappa shape index (κ3) is 3.32. The highest BCUT2D eigenvalue weighted by atomic mass is 19.1. The van der Waals surface area contributed by atoms with Gasteiger partial charge in [-0.1, -0.05) is 6.07 Å². The number of halogens is 1. The van der Waals surface area contributed by atoms with E-state index in [4.69, 9.17) is 0 Å². The minimum atomic E-state index is -0.414. The van der Waals surface area contributed by atoms with Crippen molar-refractivity contribution in [2.45, 2.75) is 19.8 Å². The van der Waals surface area contributed by atoms with Crippen molar-refractivity contribution in [3.05, 3.63) is 35.1 Å². The van der Waals surface area contributed by atoms with Crippen molar-refractivity contribution in [2.75, 3.05) is 26.7 Å². The molecule has 0 saturated carbocycles. The van der Waals surface area contributed by atoms with Crippen molar-refractivity contribution in [3.63, 3.8) is 0 Å². The first-order valence-corrected chi connectivity index (χ1v) is 6.82. The van der Waals surface area contributed by atoms with Gasteiger partial charge in [-0.15, -0.1) is 0 Å². The molecular formula is C15H21FN2O. The molecule has 19 heavy (non-hydrogen) atoms. The van der Waals surface area contributed by atoms with Crippen LogP contribution in [-0.2, 0) is 0 Å². The average molecular weight is 264 g/mol. The van der Waals surface area contributed by atoms with Crippen molar-refractivity contribution in [1.82, 2.24) is 10.2 Å². The van der Waals surface area contributed by atoms with Crippen LogP contribution in [0.5, 0.6) is 0 Å². The van der Waals surface area contributed by atoms with E-state index in [1.54, 1.807) is 17.0 Å². The summed E-state index contributed by atoms with van der Waals surface area (Å²) in [4.78, 5) is 14.0. The van der Waals surface area contributed by atoms with Crippen molar-refractivity contribution >= 4 is 5.91 Å². The molecule has 1 saturated heterocycles. The molecule has 2 rings (SSSR count). The summed E-state index contributed by atoms with van der Waals surface area (Å²) in [5.74, 6) is 0.0275. The van der Waals surface area contributed by atoms with Gasteiger partial charge in [-0.3, -0.25) is 4.79 Å². The summed E-state index contributed by atoms with van der Waals surface area (Å²) >= 11 is 0. The quantitative estimate of drug-likeness (QED) is 0.907. The second-order valence-corrected chi connectivity index (χ2v) is 5.28. The molecule has 0 unspecified atom stereocenters. The van der Waals surface area contributed by atoms with E-state index in [1.165, 1.54) is 6.07 Å². The minimum Gasteiger partial charge on any atom is -0.339 e. The van der Waals surface area contributed by atoms with Crippen LogP contribution in [0, 0.1) is 18.7 Å². The molecule has 1 aromatic rings. The van der Waals surface area contributed by atoms with Crippen LogP contribution >= 0.6 is 0 Å². The number of carbonyl (C=O) groups is 1. The predicted octanol–water partition coefficient (Wildman–Crippen LogP) is 2.21. The summed E-state index contributed by atoms with van der Waals surface area (Å²) in [5, 5.41) is 3.17. The molecule has 1 fully saturated rings. The molecule has 0 radical (unpaired) electrons. The van der Waals surface area contributed by atoms with Gasteiger partial charge in [-0.2, -0.15) is 0 Å². The molecule has 0 bridgehead atoms. The van der Waals surface area contributed by atoms with Gasteiger partial charge in [0, 0.05) is 13.1 Å². The Labute approximate surface area is 113 Å². The van der Waals surface area contributed by atoms with Gasteiger partial charge in [-0.25, -0.2) is 4.39 Å². The first-order chi connectivity index (χ1) is 9.11. The van der Waals surface area contributed by atoms with Gasteiger partial charge < -0.3 is 10.2 Å². The number of piperidine rings is 1. The zero-order valence-corrected chi connectivity index (χ0v) is 11.6. The molecule has 1 aliphatic heterocycles. The standard InChI is InChI=1S/C15H21FN2O/c1-11-3-4-13(14(16)9-11)15(19)18-7-5-12(6-8-18)10-17-2/h3-4,9,12,17H,5-8,10H2,1-2H3. The summed E-state index contributed by atoms with van der Waals surface area (Å²) in [7, 11) is 1.94. The highest BCUT2D eigenvalue weighted by molar-refractivity contribution is 5.94. The van der Waals surface area contributed by atoms with Gasteiger partial charge in [0.05, 0.1) is 5.56 Å². The van der Waals surface area contributed by atoms with Crippen LogP contribution in [-0.4, -0.2) is 37.5 Å². The van der Waals surface area contributed by atoms with Crippen LogP contribution in [0.1, 0.15) is 28.8 Å². The normalized spacial score (nSPS) is 16.7. The van der Waals surface area contributed by atoms with Crippen molar-refractivity contribution in [1.29, 1.82) is 0 Å². The Kier molecular flexibility index (Phi) is 4.53. The van der Waals surface area contributed by atoms with E-state index in [0.717, 1.165) is 38.0 Å². The van der Waals surface area contributed by atoms with Crippen LogP contribution in [0.15, 0.2) is 18.2 Å². The Morgan fingerprint density at radius 1 is 1.42 bits per heavy atom. The third-order valence-corrected chi connectivity index (χ3v) is 3.75. The van der Waals surface area contributed by atoms with E-state index in [1.807, 2.05) is 14.0 Å². The molecule has 3 nitrogen and oxygen atoms in total. The fraction of sp³-hybridized carbons (Fsp3) is 0.533. The fourth-order valence-corrected chi connectivity index (χ4v) is 2.59. The number of hydrogen-bond donors (Lipinski definition) is 1.